The highest BCUT2D eigenvalue weighted by atomic mass is 35.5. The molecule has 0 N–H and O–H groups in total. The monoisotopic (exact) mass is 229 g/mol. The van der Waals surface area contributed by atoms with Gasteiger partial charge in [0.2, 0.25) is 5.91 Å². The maximum Gasteiger partial charge on any atom is 0.226 e. The van der Waals surface area contributed by atoms with Gasteiger partial charge in [-0.3, -0.25) is 4.79 Å². The molecular formula is C11H13ClFNO. The van der Waals surface area contributed by atoms with Gasteiger partial charge in [0.15, 0.2) is 0 Å². The Bertz CT molecular complexity index is 326. The molecule has 0 spiro atoms. The van der Waals surface area contributed by atoms with E-state index in [0.717, 1.165) is 5.56 Å². The molecule has 0 heterocycles. The summed E-state index contributed by atoms with van der Waals surface area (Å²) in [6, 6.07) is 5.93. The number of alkyl halides is 1. The van der Waals surface area contributed by atoms with Gasteiger partial charge in [-0.25, -0.2) is 4.39 Å². The van der Waals surface area contributed by atoms with Crippen molar-refractivity contribution in [3.63, 3.8) is 0 Å². The number of hydrogen-bond acceptors (Lipinski definition) is 1. The predicted molar refractivity (Wildman–Crippen MR) is 58.5 cm³/mol. The number of halogens is 2. The van der Waals surface area contributed by atoms with Crippen molar-refractivity contribution in [1.29, 1.82) is 0 Å². The van der Waals surface area contributed by atoms with Crippen molar-refractivity contribution >= 4 is 17.5 Å². The summed E-state index contributed by atoms with van der Waals surface area (Å²) in [5.74, 6) is 0.119. The summed E-state index contributed by atoms with van der Waals surface area (Å²) in [5.41, 5.74) is 0.808. The number of hydrogen-bond donors (Lipinski definition) is 0. The van der Waals surface area contributed by atoms with E-state index in [9.17, 15) is 9.18 Å². The Balaban J connectivity index is 2.54. The molecule has 0 aliphatic heterocycles. The van der Waals surface area contributed by atoms with Gasteiger partial charge >= 0.3 is 0 Å². The Morgan fingerprint density at radius 2 is 2.00 bits per heavy atom. The molecule has 1 aromatic rings. The topological polar surface area (TPSA) is 20.3 Å². The first kappa shape index (κ1) is 12.0. The van der Waals surface area contributed by atoms with E-state index in [-0.39, 0.29) is 18.1 Å². The number of carbonyl (C=O) groups is 1. The van der Waals surface area contributed by atoms with Crippen LogP contribution >= 0.6 is 11.6 Å². The molecule has 0 aliphatic rings. The van der Waals surface area contributed by atoms with E-state index in [1.807, 2.05) is 0 Å². The van der Waals surface area contributed by atoms with Crippen molar-refractivity contribution in [3.8, 4) is 0 Å². The molecule has 2 nitrogen and oxygen atoms in total. The van der Waals surface area contributed by atoms with Crippen LogP contribution in [0.15, 0.2) is 24.3 Å². The lowest BCUT2D eigenvalue weighted by atomic mass is 10.1. The molecule has 1 amide bonds. The van der Waals surface area contributed by atoms with Crippen LogP contribution in [0.5, 0.6) is 0 Å². The Kier molecular flexibility index (Phi) is 4.56. The quantitative estimate of drug-likeness (QED) is 0.724. The van der Waals surface area contributed by atoms with E-state index in [1.54, 1.807) is 24.1 Å². The molecule has 1 rings (SSSR count). The summed E-state index contributed by atoms with van der Waals surface area (Å²) in [5, 5.41) is 0. The molecule has 0 radical (unpaired) electrons. The van der Waals surface area contributed by atoms with Gasteiger partial charge in [-0.15, -0.1) is 11.6 Å². The minimum absolute atomic E-state index is 0.0118. The molecule has 0 unspecified atom stereocenters. The minimum atomic E-state index is -0.291. The first-order valence-electron chi connectivity index (χ1n) is 4.68. The van der Waals surface area contributed by atoms with Gasteiger partial charge in [-0.05, 0) is 17.7 Å². The maximum absolute atomic E-state index is 12.6. The van der Waals surface area contributed by atoms with Crippen LogP contribution in [-0.4, -0.2) is 30.3 Å². The van der Waals surface area contributed by atoms with Crippen LogP contribution in [0.3, 0.4) is 0 Å². The Morgan fingerprint density at radius 1 is 1.40 bits per heavy atom. The van der Waals surface area contributed by atoms with Gasteiger partial charge in [0.05, 0.1) is 6.42 Å². The standard InChI is InChI=1S/C11H13ClFNO/c1-14(7-6-12)11(15)8-9-2-4-10(13)5-3-9/h2-5H,6-8H2,1H3. The fourth-order valence-electron chi connectivity index (χ4n) is 1.16. The van der Waals surface area contributed by atoms with E-state index in [2.05, 4.69) is 0 Å². The number of benzene rings is 1. The lowest BCUT2D eigenvalue weighted by Crippen LogP contribution is -2.29. The van der Waals surface area contributed by atoms with E-state index in [1.165, 1.54) is 12.1 Å². The number of amides is 1. The van der Waals surface area contributed by atoms with Crippen LogP contribution in [0, 0.1) is 5.82 Å². The zero-order valence-corrected chi connectivity index (χ0v) is 9.30. The molecule has 82 valence electrons. The minimum Gasteiger partial charge on any atom is -0.344 e. The summed E-state index contributed by atoms with van der Waals surface area (Å²) in [7, 11) is 1.70. The second kappa shape index (κ2) is 5.71. The van der Waals surface area contributed by atoms with Crippen molar-refractivity contribution in [2.75, 3.05) is 19.5 Å². The first-order chi connectivity index (χ1) is 7.13. The molecule has 0 aliphatic carbocycles. The second-order valence-electron chi connectivity index (χ2n) is 3.31. The third-order valence-corrected chi connectivity index (χ3v) is 2.28. The molecule has 0 saturated heterocycles. The third-order valence-electron chi connectivity index (χ3n) is 2.11. The molecule has 4 heteroatoms. The predicted octanol–water partition coefficient (Wildman–Crippen LogP) is 2.07. The van der Waals surface area contributed by atoms with Crippen molar-refractivity contribution in [1.82, 2.24) is 4.90 Å². The zero-order chi connectivity index (χ0) is 11.3. The average molecular weight is 230 g/mol. The van der Waals surface area contributed by atoms with E-state index in [4.69, 9.17) is 11.6 Å². The van der Waals surface area contributed by atoms with Crippen molar-refractivity contribution in [2.45, 2.75) is 6.42 Å². The largest absolute Gasteiger partial charge is 0.344 e. The fraction of sp³-hybridized carbons (Fsp3) is 0.364. The van der Waals surface area contributed by atoms with Gasteiger partial charge in [-0.1, -0.05) is 12.1 Å². The summed E-state index contributed by atoms with van der Waals surface area (Å²) >= 11 is 5.52. The summed E-state index contributed by atoms with van der Waals surface area (Å²) in [4.78, 5) is 13.1. The fourth-order valence-corrected chi connectivity index (χ4v) is 1.42. The Hall–Kier alpha value is -1.09. The van der Waals surface area contributed by atoms with E-state index < -0.39 is 0 Å². The van der Waals surface area contributed by atoms with Gasteiger partial charge in [-0.2, -0.15) is 0 Å². The highest BCUT2D eigenvalue weighted by Gasteiger charge is 2.08. The normalized spacial score (nSPS) is 10.1. The number of nitrogens with zero attached hydrogens (tertiary/aromatic N) is 1. The van der Waals surface area contributed by atoms with Gasteiger partial charge in [0.25, 0.3) is 0 Å². The van der Waals surface area contributed by atoms with E-state index >= 15 is 0 Å². The van der Waals surface area contributed by atoms with Crippen molar-refractivity contribution < 1.29 is 9.18 Å². The van der Waals surface area contributed by atoms with Gasteiger partial charge < -0.3 is 4.90 Å². The lowest BCUT2D eigenvalue weighted by Gasteiger charge is -2.15. The molecule has 15 heavy (non-hydrogen) atoms. The molecule has 0 bridgehead atoms. The molecular weight excluding hydrogens is 217 g/mol. The third kappa shape index (κ3) is 3.88. The van der Waals surface area contributed by atoms with Crippen LogP contribution in [-0.2, 0) is 11.2 Å². The summed E-state index contributed by atoms with van der Waals surface area (Å²) in [6.45, 7) is 0.529. The number of carbonyl (C=O) groups excluding carboxylic acids is 1. The smallest absolute Gasteiger partial charge is 0.226 e. The van der Waals surface area contributed by atoms with Gasteiger partial charge in [0, 0.05) is 19.5 Å². The number of likely N-dealkylation sites (N-methyl/N-ethyl adjacent to an activating group) is 1. The van der Waals surface area contributed by atoms with Gasteiger partial charge in [0.1, 0.15) is 5.82 Å². The summed E-state index contributed by atoms with van der Waals surface area (Å²) < 4.78 is 12.6. The highest BCUT2D eigenvalue weighted by molar-refractivity contribution is 6.18. The van der Waals surface area contributed by atoms with Crippen LogP contribution in [0.25, 0.3) is 0 Å². The molecule has 0 aromatic heterocycles. The maximum atomic E-state index is 12.6. The highest BCUT2D eigenvalue weighted by Crippen LogP contribution is 2.05. The second-order valence-corrected chi connectivity index (χ2v) is 3.69. The van der Waals surface area contributed by atoms with Crippen LogP contribution in [0.4, 0.5) is 4.39 Å². The first-order valence-corrected chi connectivity index (χ1v) is 5.21. The molecule has 0 saturated carbocycles. The van der Waals surface area contributed by atoms with Crippen LogP contribution < -0.4 is 0 Å². The Labute approximate surface area is 93.6 Å². The van der Waals surface area contributed by atoms with Crippen LogP contribution in [0.1, 0.15) is 5.56 Å². The zero-order valence-electron chi connectivity index (χ0n) is 8.54. The van der Waals surface area contributed by atoms with Crippen molar-refractivity contribution in [2.24, 2.45) is 0 Å². The SMILES string of the molecule is CN(CCCl)C(=O)Cc1ccc(F)cc1. The Morgan fingerprint density at radius 3 is 2.53 bits per heavy atom. The molecule has 0 atom stereocenters. The average Bonchev–Trinajstić information content (AvgIpc) is 2.22. The van der Waals surface area contributed by atoms with Crippen LogP contribution in [0.2, 0.25) is 0 Å². The lowest BCUT2D eigenvalue weighted by molar-refractivity contribution is -0.128. The van der Waals surface area contributed by atoms with Crippen molar-refractivity contribution in [3.05, 3.63) is 35.6 Å². The molecule has 0 fully saturated rings. The molecule has 1 aromatic carbocycles. The van der Waals surface area contributed by atoms with E-state index in [0.29, 0.717) is 12.4 Å². The summed E-state index contributed by atoms with van der Waals surface area (Å²) in [6.07, 6.45) is 0.285. The number of rotatable bonds is 4.